The van der Waals surface area contributed by atoms with E-state index < -0.39 is 5.41 Å². The number of esters is 1. The Morgan fingerprint density at radius 1 is 0.911 bits per heavy atom. The third-order valence-electron chi connectivity index (χ3n) is 16.2. The molecule has 56 heavy (non-hydrogen) atoms. The molecular weight excluding hydrogens is 697 g/mol. The molecule has 0 heterocycles. The van der Waals surface area contributed by atoms with E-state index in [9.17, 15) is 14.4 Å². The molecule has 4 saturated carbocycles. The van der Waals surface area contributed by atoms with Gasteiger partial charge in [-0.1, -0.05) is 90.8 Å². The van der Waals surface area contributed by atoms with E-state index in [1.54, 1.807) is 5.57 Å². The van der Waals surface area contributed by atoms with Crippen molar-refractivity contribution in [3.63, 3.8) is 0 Å². The SMILES string of the molecule is CO.Cc1ccc(CN(CCN(C)C)CCC23CCC4C(CCC5C4(C)CCC4C(C)(C)C(OC(=O)CC(C)(C)C=O)CCC45C)C2=C(C(C)C)C(=O)C3)cc1. The molecular formula is C49H78N2O5. The van der Waals surface area contributed by atoms with Gasteiger partial charge < -0.3 is 19.5 Å². The van der Waals surface area contributed by atoms with Crippen molar-refractivity contribution in [3.05, 3.63) is 46.5 Å². The van der Waals surface area contributed by atoms with Crippen molar-refractivity contribution in [3.8, 4) is 0 Å². The van der Waals surface area contributed by atoms with Crippen LogP contribution in [0.1, 0.15) is 137 Å². The fraction of sp³-hybridized carbons (Fsp3) is 0.776. The van der Waals surface area contributed by atoms with Crippen LogP contribution >= 0.6 is 0 Å². The molecule has 0 spiro atoms. The van der Waals surface area contributed by atoms with Crippen molar-refractivity contribution < 1.29 is 24.2 Å². The molecule has 1 N–H and O–H groups in total. The van der Waals surface area contributed by atoms with Crippen molar-refractivity contribution in [1.82, 2.24) is 9.80 Å². The molecule has 0 aromatic heterocycles. The first-order chi connectivity index (χ1) is 26.3. The summed E-state index contributed by atoms with van der Waals surface area (Å²) in [6, 6.07) is 9.03. The summed E-state index contributed by atoms with van der Waals surface area (Å²) in [4.78, 5) is 43.8. The minimum absolute atomic E-state index is 0.00582. The van der Waals surface area contributed by atoms with E-state index in [-0.39, 0.29) is 46.1 Å². The molecule has 1 aromatic carbocycles. The first-order valence-electron chi connectivity index (χ1n) is 22.1. The van der Waals surface area contributed by atoms with Gasteiger partial charge in [-0.25, -0.2) is 0 Å². The average Bonchev–Trinajstić information content (AvgIpc) is 3.44. The number of aldehydes is 1. The number of carbonyl (C=O) groups excluding carboxylic acids is 3. The van der Waals surface area contributed by atoms with Crippen LogP contribution in [0.4, 0.5) is 0 Å². The number of aryl methyl sites for hydroxylation is 1. The molecule has 0 saturated heterocycles. The third kappa shape index (κ3) is 8.53. The zero-order chi connectivity index (χ0) is 41.4. The molecule has 314 valence electrons. The quantitative estimate of drug-likeness (QED) is 0.158. The molecule has 7 heteroatoms. The van der Waals surface area contributed by atoms with Crippen molar-refractivity contribution >= 4 is 18.0 Å². The normalized spacial score (nSPS) is 33.6. The Kier molecular flexibility index (Phi) is 13.7. The van der Waals surface area contributed by atoms with Gasteiger partial charge in [0.2, 0.25) is 0 Å². The highest BCUT2D eigenvalue weighted by Gasteiger charge is 2.66. The molecule has 5 aliphatic rings. The number of rotatable bonds is 13. The van der Waals surface area contributed by atoms with Gasteiger partial charge in [0, 0.05) is 49.4 Å². The molecule has 6 rings (SSSR count). The lowest BCUT2D eigenvalue weighted by atomic mass is 9.36. The predicted molar refractivity (Wildman–Crippen MR) is 227 cm³/mol. The maximum atomic E-state index is 14.2. The number of benzene rings is 1. The van der Waals surface area contributed by atoms with Gasteiger partial charge in [-0.15, -0.1) is 0 Å². The molecule has 0 aliphatic heterocycles. The number of Topliss-reactive ketones (excluding diaryl/α,β-unsaturated/α-hetero) is 1. The van der Waals surface area contributed by atoms with Gasteiger partial charge in [-0.2, -0.15) is 0 Å². The van der Waals surface area contributed by atoms with E-state index >= 15 is 0 Å². The minimum Gasteiger partial charge on any atom is -0.462 e. The Morgan fingerprint density at radius 2 is 1.57 bits per heavy atom. The molecule has 4 fully saturated rings. The van der Waals surface area contributed by atoms with Gasteiger partial charge in [0.1, 0.15) is 12.4 Å². The number of aliphatic hydroxyl groups excluding tert-OH is 1. The number of hydrogen-bond acceptors (Lipinski definition) is 7. The van der Waals surface area contributed by atoms with Crippen LogP contribution < -0.4 is 0 Å². The van der Waals surface area contributed by atoms with E-state index in [4.69, 9.17) is 9.84 Å². The zero-order valence-corrected chi connectivity index (χ0v) is 37.4. The number of aliphatic hydroxyl groups is 1. The molecule has 7 nitrogen and oxygen atoms in total. The lowest BCUT2D eigenvalue weighted by Gasteiger charge is -2.69. The van der Waals surface area contributed by atoms with Crippen LogP contribution in [0.25, 0.3) is 0 Å². The summed E-state index contributed by atoms with van der Waals surface area (Å²) in [5, 5.41) is 7.00. The van der Waals surface area contributed by atoms with E-state index in [0.29, 0.717) is 35.9 Å². The summed E-state index contributed by atoms with van der Waals surface area (Å²) in [5.74, 6) is 2.68. The number of fused-ring (bicyclic) bond motifs is 7. The molecule has 8 unspecified atom stereocenters. The number of likely N-dealkylation sites (N-methyl/N-ethyl adjacent to an activating group) is 1. The van der Waals surface area contributed by atoms with Crippen LogP contribution in [0.15, 0.2) is 35.4 Å². The molecule has 1 aromatic rings. The molecule has 0 radical (unpaired) electrons. The van der Waals surface area contributed by atoms with Crippen molar-refractivity contribution in [1.29, 1.82) is 0 Å². The van der Waals surface area contributed by atoms with Crippen molar-refractivity contribution in [2.24, 2.45) is 56.7 Å². The van der Waals surface area contributed by atoms with E-state index in [2.05, 4.69) is 96.6 Å². The number of ether oxygens (including phenoxy) is 1. The Bertz CT molecular complexity index is 1590. The average molecular weight is 775 g/mol. The second-order valence-electron chi connectivity index (χ2n) is 21.3. The maximum Gasteiger partial charge on any atom is 0.307 e. The second kappa shape index (κ2) is 17.1. The van der Waals surface area contributed by atoms with Gasteiger partial charge >= 0.3 is 5.97 Å². The number of allylic oxidation sites excluding steroid dienone is 2. The lowest BCUT2D eigenvalue weighted by Crippen LogP contribution is -2.63. The Labute approximate surface area is 340 Å². The largest absolute Gasteiger partial charge is 0.462 e. The number of ketones is 1. The highest BCUT2D eigenvalue weighted by Crippen LogP contribution is 2.73. The topological polar surface area (TPSA) is 87.2 Å². The Balaban J connectivity index is 0.00000295. The van der Waals surface area contributed by atoms with Gasteiger partial charge in [-0.05, 0) is 137 Å². The fourth-order valence-electron chi connectivity index (χ4n) is 13.5. The summed E-state index contributed by atoms with van der Waals surface area (Å²) in [6.45, 7) is 24.3. The van der Waals surface area contributed by atoms with Crippen molar-refractivity contribution in [2.75, 3.05) is 40.8 Å². The fourth-order valence-corrected chi connectivity index (χ4v) is 13.5. The van der Waals surface area contributed by atoms with Crippen LogP contribution in [0.2, 0.25) is 0 Å². The van der Waals surface area contributed by atoms with Crippen LogP contribution in [0.3, 0.4) is 0 Å². The summed E-state index contributed by atoms with van der Waals surface area (Å²) >= 11 is 0. The van der Waals surface area contributed by atoms with Crippen LogP contribution in [0, 0.1) is 63.6 Å². The van der Waals surface area contributed by atoms with Crippen LogP contribution in [-0.4, -0.2) is 79.9 Å². The third-order valence-corrected chi connectivity index (χ3v) is 16.2. The Morgan fingerprint density at radius 3 is 2.20 bits per heavy atom. The number of carbonyl (C=O) groups is 3. The van der Waals surface area contributed by atoms with E-state index in [0.717, 1.165) is 71.7 Å². The molecule has 5 aliphatic carbocycles. The van der Waals surface area contributed by atoms with Crippen LogP contribution in [0.5, 0.6) is 0 Å². The van der Waals surface area contributed by atoms with Gasteiger partial charge in [0.15, 0.2) is 5.78 Å². The van der Waals surface area contributed by atoms with Crippen molar-refractivity contribution in [2.45, 2.75) is 146 Å². The molecule has 8 atom stereocenters. The number of nitrogens with zero attached hydrogens (tertiary/aromatic N) is 2. The number of hydrogen-bond donors (Lipinski definition) is 1. The van der Waals surface area contributed by atoms with Gasteiger partial charge in [0.25, 0.3) is 0 Å². The monoisotopic (exact) mass is 775 g/mol. The summed E-state index contributed by atoms with van der Waals surface area (Å²) in [7, 11) is 5.33. The maximum absolute atomic E-state index is 14.2. The first kappa shape index (κ1) is 44.7. The molecule has 0 amide bonds. The predicted octanol–water partition coefficient (Wildman–Crippen LogP) is 9.47. The van der Waals surface area contributed by atoms with Crippen LogP contribution in [-0.2, 0) is 25.7 Å². The van der Waals surface area contributed by atoms with E-state index in [1.807, 2.05) is 13.8 Å². The zero-order valence-electron chi connectivity index (χ0n) is 37.4. The highest BCUT2D eigenvalue weighted by molar-refractivity contribution is 6.00. The molecule has 0 bridgehead atoms. The lowest BCUT2D eigenvalue weighted by molar-refractivity contribution is -0.213. The Hall–Kier alpha value is -2.35. The van der Waals surface area contributed by atoms with E-state index in [1.165, 1.54) is 42.4 Å². The minimum atomic E-state index is -0.699. The van der Waals surface area contributed by atoms with Gasteiger partial charge in [0.05, 0.1) is 6.42 Å². The smallest absolute Gasteiger partial charge is 0.307 e. The first-order valence-corrected chi connectivity index (χ1v) is 22.1. The van der Waals surface area contributed by atoms with Gasteiger partial charge in [-0.3, -0.25) is 14.5 Å². The summed E-state index contributed by atoms with van der Waals surface area (Å²) < 4.78 is 6.25. The second-order valence-corrected chi connectivity index (χ2v) is 21.3. The highest BCUT2D eigenvalue weighted by atomic mass is 16.5. The summed E-state index contributed by atoms with van der Waals surface area (Å²) in [5.41, 5.74) is 5.05. The standard InChI is InChI=1S/C48H74N2O4.CH4O/c1-32(2)42-37(52)28-48(24-25-50(27-26-49(10)11)30-34-14-12-33(3)13-15-34)23-18-36-35(43(42)48)16-17-39-46(36,8)21-19-38-45(6,7)40(20-22-47(38,39)9)54-41(53)29-44(4,5)31-51;1-2/h12-15,31-32,35-36,38-40H,16-30H2,1-11H3;2H,1H3. The summed E-state index contributed by atoms with van der Waals surface area (Å²) in [6.07, 6.45) is 11.8.